The van der Waals surface area contributed by atoms with E-state index < -0.39 is 12.1 Å². The summed E-state index contributed by atoms with van der Waals surface area (Å²) in [4.78, 5) is 23.6. The van der Waals surface area contributed by atoms with Crippen LogP contribution in [0.25, 0.3) is 0 Å². The highest BCUT2D eigenvalue weighted by Crippen LogP contribution is 2.29. The van der Waals surface area contributed by atoms with Crippen LogP contribution in [0.3, 0.4) is 0 Å². The Morgan fingerprint density at radius 1 is 1.23 bits per heavy atom. The van der Waals surface area contributed by atoms with Crippen molar-refractivity contribution in [2.45, 2.75) is 20.0 Å². The van der Waals surface area contributed by atoms with E-state index in [-0.39, 0.29) is 5.56 Å². The van der Waals surface area contributed by atoms with Crippen LogP contribution in [0.1, 0.15) is 34.5 Å². The number of hydrogen-bond acceptors (Lipinski definition) is 4. The van der Waals surface area contributed by atoms with Crippen molar-refractivity contribution in [2.24, 2.45) is 7.05 Å². The van der Waals surface area contributed by atoms with Crippen molar-refractivity contribution in [2.75, 3.05) is 7.11 Å². The van der Waals surface area contributed by atoms with E-state index in [2.05, 4.69) is 0 Å². The molecule has 5 heteroatoms. The first-order chi connectivity index (χ1) is 10.4. The smallest absolute Gasteiger partial charge is 0.340 e. The fraction of sp³-hybridized carbons (Fsp3) is 0.294. The second-order valence-corrected chi connectivity index (χ2v) is 5.16. The minimum absolute atomic E-state index is 0.176. The number of hydrogen-bond donors (Lipinski definition) is 0. The minimum atomic E-state index is -0.480. The van der Waals surface area contributed by atoms with E-state index in [4.69, 9.17) is 9.47 Å². The molecule has 2 aromatic rings. The summed E-state index contributed by atoms with van der Waals surface area (Å²) in [5.41, 5.74) is 2.02. The van der Waals surface area contributed by atoms with Crippen LogP contribution in [-0.4, -0.2) is 17.6 Å². The van der Waals surface area contributed by atoms with Gasteiger partial charge >= 0.3 is 5.97 Å². The Morgan fingerprint density at radius 3 is 2.59 bits per heavy atom. The van der Waals surface area contributed by atoms with E-state index in [1.165, 1.54) is 22.9 Å². The number of esters is 1. The summed E-state index contributed by atoms with van der Waals surface area (Å²) in [5, 5.41) is 0. The molecule has 0 saturated carbocycles. The van der Waals surface area contributed by atoms with Crippen molar-refractivity contribution < 1.29 is 14.3 Å². The zero-order valence-corrected chi connectivity index (χ0v) is 13.1. The van der Waals surface area contributed by atoms with Crippen LogP contribution in [0.4, 0.5) is 0 Å². The van der Waals surface area contributed by atoms with Gasteiger partial charge in [-0.2, -0.15) is 0 Å². The van der Waals surface area contributed by atoms with E-state index in [0.29, 0.717) is 11.3 Å². The lowest BCUT2D eigenvalue weighted by atomic mass is 10.1. The molecule has 0 aliphatic heterocycles. The maximum atomic E-state index is 12.2. The summed E-state index contributed by atoms with van der Waals surface area (Å²) in [6.07, 6.45) is 1.00. The molecule has 0 unspecified atom stereocenters. The Hall–Kier alpha value is -2.56. The van der Waals surface area contributed by atoms with Gasteiger partial charge in [-0.3, -0.25) is 4.79 Å². The summed E-state index contributed by atoms with van der Waals surface area (Å²) in [7, 11) is 3.17. The first-order valence-electron chi connectivity index (χ1n) is 6.94. The fourth-order valence-electron chi connectivity index (χ4n) is 2.18. The Kier molecular flexibility index (Phi) is 4.65. The van der Waals surface area contributed by atoms with E-state index in [9.17, 15) is 9.59 Å². The van der Waals surface area contributed by atoms with Gasteiger partial charge in [0.25, 0.3) is 0 Å². The van der Waals surface area contributed by atoms with Crippen LogP contribution in [0, 0.1) is 6.92 Å². The third kappa shape index (κ3) is 3.36. The Balaban J connectivity index is 2.22. The highest BCUT2D eigenvalue weighted by Gasteiger charge is 2.17. The monoisotopic (exact) mass is 301 g/mol. The Labute approximate surface area is 129 Å². The molecule has 0 aliphatic carbocycles. The van der Waals surface area contributed by atoms with Gasteiger partial charge in [-0.25, -0.2) is 4.79 Å². The number of rotatable bonds is 4. The molecule has 22 heavy (non-hydrogen) atoms. The first kappa shape index (κ1) is 15.8. The molecule has 0 N–H and O–H groups in total. The molecule has 0 saturated heterocycles. The quantitative estimate of drug-likeness (QED) is 0.815. The minimum Gasteiger partial charge on any atom is -0.496 e. The lowest BCUT2D eigenvalue weighted by molar-refractivity contribution is 0.0332. The Morgan fingerprint density at radius 2 is 1.95 bits per heavy atom. The molecule has 1 heterocycles. The second-order valence-electron chi connectivity index (χ2n) is 5.16. The molecule has 0 radical (unpaired) electrons. The highest BCUT2D eigenvalue weighted by atomic mass is 16.5. The molecule has 0 amide bonds. The number of carbonyl (C=O) groups excluding carboxylic acids is 1. The molecule has 116 valence electrons. The normalized spacial score (nSPS) is 11.8. The van der Waals surface area contributed by atoms with Gasteiger partial charge in [0, 0.05) is 24.9 Å². The summed E-state index contributed by atoms with van der Waals surface area (Å²) in [5.74, 6) is 0.193. The van der Waals surface area contributed by atoms with Gasteiger partial charge in [0.15, 0.2) is 0 Å². The molecule has 1 aromatic carbocycles. The second kappa shape index (κ2) is 6.47. The summed E-state index contributed by atoms with van der Waals surface area (Å²) in [6.45, 7) is 3.75. The molecule has 5 nitrogen and oxygen atoms in total. The third-order valence-electron chi connectivity index (χ3n) is 3.43. The number of benzene rings is 1. The zero-order chi connectivity index (χ0) is 16.3. The summed E-state index contributed by atoms with van der Waals surface area (Å²) < 4.78 is 12.1. The standard InChI is InChI=1S/C17H19NO4/c1-11-5-7-15(21-4)14(9-11)12(2)22-17(20)13-6-8-16(19)18(3)10-13/h5-10,12H,1-4H3/t12-/m0/s1. The molecule has 0 bridgehead atoms. The molecule has 0 aliphatic rings. The molecular formula is C17H19NO4. The third-order valence-corrected chi connectivity index (χ3v) is 3.43. The number of ether oxygens (including phenoxy) is 2. The number of pyridine rings is 1. The van der Waals surface area contributed by atoms with E-state index in [0.717, 1.165) is 11.1 Å². The van der Waals surface area contributed by atoms with Crippen LogP contribution >= 0.6 is 0 Å². The van der Waals surface area contributed by atoms with Crippen LogP contribution in [0.15, 0.2) is 41.3 Å². The van der Waals surface area contributed by atoms with Gasteiger partial charge in [-0.05, 0) is 32.0 Å². The van der Waals surface area contributed by atoms with Crippen molar-refractivity contribution in [3.8, 4) is 5.75 Å². The van der Waals surface area contributed by atoms with E-state index in [1.54, 1.807) is 21.1 Å². The van der Waals surface area contributed by atoms with Crippen LogP contribution in [0.5, 0.6) is 5.75 Å². The molecule has 2 rings (SSSR count). The number of carbonyl (C=O) groups is 1. The van der Waals surface area contributed by atoms with Gasteiger partial charge in [-0.15, -0.1) is 0 Å². The Bertz CT molecular complexity index is 749. The average Bonchev–Trinajstić information content (AvgIpc) is 2.49. The largest absolute Gasteiger partial charge is 0.496 e. The van der Waals surface area contributed by atoms with Gasteiger partial charge in [0.05, 0.1) is 12.7 Å². The van der Waals surface area contributed by atoms with Crippen molar-refractivity contribution >= 4 is 5.97 Å². The maximum Gasteiger partial charge on any atom is 0.340 e. The summed E-state index contributed by atoms with van der Waals surface area (Å²) >= 11 is 0. The van der Waals surface area contributed by atoms with Crippen molar-refractivity contribution in [3.63, 3.8) is 0 Å². The topological polar surface area (TPSA) is 57.5 Å². The van der Waals surface area contributed by atoms with Crippen molar-refractivity contribution in [1.29, 1.82) is 0 Å². The molecule has 1 atom stereocenters. The predicted molar refractivity (Wildman–Crippen MR) is 83.2 cm³/mol. The summed E-state index contributed by atoms with van der Waals surface area (Å²) in [6, 6.07) is 8.52. The van der Waals surface area contributed by atoms with Gasteiger partial charge < -0.3 is 14.0 Å². The van der Waals surface area contributed by atoms with Crippen LogP contribution < -0.4 is 10.3 Å². The van der Waals surface area contributed by atoms with E-state index in [1.807, 2.05) is 25.1 Å². The SMILES string of the molecule is COc1ccc(C)cc1[C@H](C)OC(=O)c1ccc(=O)n(C)c1. The van der Waals surface area contributed by atoms with Gasteiger partial charge in [0.1, 0.15) is 11.9 Å². The lowest BCUT2D eigenvalue weighted by Gasteiger charge is -2.17. The van der Waals surface area contributed by atoms with Crippen LogP contribution in [-0.2, 0) is 11.8 Å². The molecule has 1 aromatic heterocycles. The fourth-order valence-corrected chi connectivity index (χ4v) is 2.18. The van der Waals surface area contributed by atoms with Crippen molar-refractivity contribution in [1.82, 2.24) is 4.57 Å². The zero-order valence-electron chi connectivity index (χ0n) is 13.1. The number of nitrogens with zero attached hydrogens (tertiary/aromatic N) is 1. The van der Waals surface area contributed by atoms with E-state index >= 15 is 0 Å². The predicted octanol–water partition coefficient (Wildman–Crippen LogP) is 2.62. The maximum absolute atomic E-state index is 12.2. The highest BCUT2D eigenvalue weighted by molar-refractivity contribution is 5.89. The first-order valence-corrected chi connectivity index (χ1v) is 6.94. The average molecular weight is 301 g/mol. The van der Waals surface area contributed by atoms with Crippen molar-refractivity contribution in [3.05, 3.63) is 63.6 Å². The van der Waals surface area contributed by atoms with Gasteiger partial charge in [-0.1, -0.05) is 11.6 Å². The number of aromatic nitrogens is 1. The number of aryl methyl sites for hydroxylation is 2. The molecule has 0 fully saturated rings. The number of methoxy groups -OCH3 is 1. The lowest BCUT2D eigenvalue weighted by Crippen LogP contribution is -2.18. The van der Waals surface area contributed by atoms with Crippen LogP contribution in [0.2, 0.25) is 0 Å². The molecule has 0 spiro atoms. The molecular weight excluding hydrogens is 282 g/mol. The van der Waals surface area contributed by atoms with Gasteiger partial charge in [0.2, 0.25) is 5.56 Å².